The summed E-state index contributed by atoms with van der Waals surface area (Å²) in [7, 11) is 0. The highest BCUT2D eigenvalue weighted by Crippen LogP contribution is 2.07. The van der Waals surface area contributed by atoms with Crippen LogP contribution in [0.3, 0.4) is 0 Å². The average molecular weight is 256 g/mol. The van der Waals surface area contributed by atoms with Gasteiger partial charge < -0.3 is 0 Å². The monoisotopic (exact) mass is 255 g/mol. The molecule has 1 aromatic heterocycles. The summed E-state index contributed by atoms with van der Waals surface area (Å²) in [6.07, 6.45) is 3.75. The minimum atomic E-state index is -0.361. The summed E-state index contributed by atoms with van der Waals surface area (Å²) in [5, 5.41) is 4.07. The van der Waals surface area contributed by atoms with Crippen LogP contribution in [0.25, 0.3) is 0 Å². The lowest BCUT2D eigenvalue weighted by Crippen LogP contribution is -2.01. The van der Waals surface area contributed by atoms with Crippen LogP contribution in [0.5, 0.6) is 0 Å². The van der Waals surface area contributed by atoms with Gasteiger partial charge in [0.05, 0.1) is 17.5 Å². The molecule has 0 aliphatic carbocycles. The molecule has 72 valence electrons. The van der Waals surface area contributed by atoms with Gasteiger partial charge in [0, 0.05) is 12.7 Å². The Morgan fingerprint density at radius 1 is 1.36 bits per heavy atom. The van der Waals surface area contributed by atoms with Gasteiger partial charge in [-0.15, -0.1) is 0 Å². The van der Waals surface area contributed by atoms with Crippen molar-refractivity contribution in [1.29, 1.82) is 0 Å². The van der Waals surface area contributed by atoms with Crippen LogP contribution in [0.1, 0.15) is 12.4 Å². The van der Waals surface area contributed by atoms with Gasteiger partial charge in [0.1, 0.15) is 0 Å². The second-order valence-electron chi connectivity index (χ2n) is 2.78. The van der Waals surface area contributed by atoms with Crippen molar-refractivity contribution >= 4 is 15.9 Å². The van der Waals surface area contributed by atoms with Crippen LogP contribution in [-0.4, -0.2) is 9.78 Å². The van der Waals surface area contributed by atoms with Crippen molar-refractivity contribution in [2.45, 2.75) is 13.0 Å². The lowest BCUT2D eigenvalue weighted by Gasteiger charge is -2.00. The van der Waals surface area contributed by atoms with E-state index < -0.39 is 0 Å². The number of aryl methyl sites for hydroxylation is 1. The maximum atomic E-state index is 7.79. The highest BCUT2D eigenvalue weighted by molar-refractivity contribution is 9.10. The van der Waals surface area contributed by atoms with Crippen LogP contribution < -0.4 is 0 Å². The molecule has 0 radical (unpaired) electrons. The Morgan fingerprint density at radius 3 is 2.79 bits per heavy atom. The van der Waals surface area contributed by atoms with E-state index in [1.807, 2.05) is 0 Å². The molecule has 0 unspecified atom stereocenters. The third-order valence-corrected chi connectivity index (χ3v) is 2.15. The highest BCUT2D eigenvalue weighted by atomic mass is 79.9. The van der Waals surface area contributed by atoms with Crippen molar-refractivity contribution in [3.05, 3.63) is 52.6 Å². The molecule has 0 aliphatic heterocycles. The quantitative estimate of drug-likeness (QED) is 0.825. The summed E-state index contributed by atoms with van der Waals surface area (Å²) in [4.78, 5) is 0. The summed E-state index contributed by atoms with van der Waals surface area (Å²) in [5.41, 5.74) is 0.317. The van der Waals surface area contributed by atoms with Crippen LogP contribution in [0.15, 0.2) is 47.1 Å². The molecule has 0 atom stereocenters. The number of hydrogen-bond donors (Lipinski definition) is 0. The molecule has 0 fully saturated rings. The highest BCUT2D eigenvalue weighted by Gasteiger charge is 1.95. The van der Waals surface area contributed by atoms with Crippen molar-refractivity contribution in [3.8, 4) is 0 Å². The predicted octanol–water partition coefficient (Wildman–Crippen LogP) is 2.89. The molecule has 2 rings (SSSR count). The fraction of sp³-hybridized carbons (Fsp3) is 0.182. The Morgan fingerprint density at radius 2 is 2.14 bits per heavy atom. The van der Waals surface area contributed by atoms with Gasteiger partial charge in [0.25, 0.3) is 0 Å². The zero-order valence-corrected chi connectivity index (χ0v) is 8.93. The third kappa shape index (κ3) is 2.45. The van der Waals surface area contributed by atoms with E-state index in [-0.39, 0.29) is 30.2 Å². The second-order valence-corrected chi connectivity index (χ2v) is 3.69. The van der Waals surface area contributed by atoms with Crippen LogP contribution in [0.2, 0.25) is 0 Å². The fourth-order valence-electron chi connectivity index (χ4n) is 1.09. The molecule has 0 N–H and O–H groups in total. The van der Waals surface area contributed by atoms with E-state index in [9.17, 15) is 0 Å². The van der Waals surface area contributed by atoms with Gasteiger partial charge in [-0.1, -0.05) is 30.2 Å². The molecule has 2 aromatic rings. The first kappa shape index (κ1) is 5.12. The summed E-state index contributed by atoms with van der Waals surface area (Å²) >= 11 is 3.28. The number of nitrogens with zero attached hydrogens (tertiary/aromatic N) is 2. The molecule has 0 spiro atoms. The number of aromatic nitrogens is 2. The van der Waals surface area contributed by atoms with Crippen LogP contribution in [0.4, 0.5) is 0 Å². The van der Waals surface area contributed by atoms with E-state index in [4.69, 9.17) is 6.85 Å². The first-order valence-corrected chi connectivity index (χ1v) is 4.95. The van der Waals surface area contributed by atoms with Crippen molar-refractivity contribution < 1.29 is 6.85 Å². The van der Waals surface area contributed by atoms with Gasteiger partial charge in [-0.25, -0.2) is 0 Å². The van der Waals surface area contributed by atoms with Gasteiger partial charge >= 0.3 is 0 Å². The number of benzene rings is 1. The third-order valence-electron chi connectivity index (χ3n) is 1.74. The van der Waals surface area contributed by atoms with E-state index in [1.165, 1.54) is 0 Å². The number of rotatable bonds is 3. The normalized spacial score (nSPS) is 15.4. The van der Waals surface area contributed by atoms with Gasteiger partial charge in [-0.05, 0) is 27.9 Å². The largest absolute Gasteiger partial charge is 0.271 e. The molecule has 0 bridgehead atoms. The van der Waals surface area contributed by atoms with E-state index in [0.29, 0.717) is 18.5 Å². The molecule has 0 saturated heterocycles. The lowest BCUT2D eigenvalue weighted by atomic mass is 10.2. The molecule has 1 heterocycles. The summed E-state index contributed by atoms with van der Waals surface area (Å²) in [5.74, 6) is 0. The molecule has 2 nitrogen and oxygen atoms in total. The Hall–Kier alpha value is -1.09. The molecule has 1 aromatic carbocycles. The molecule has 0 amide bonds. The van der Waals surface area contributed by atoms with E-state index >= 15 is 0 Å². The predicted molar refractivity (Wildman–Crippen MR) is 60.1 cm³/mol. The zero-order chi connectivity index (χ0) is 14.2. The topological polar surface area (TPSA) is 17.8 Å². The Bertz CT molecular complexity index is 597. The molecule has 0 aliphatic rings. The fourth-order valence-corrected chi connectivity index (χ4v) is 1.42. The maximum absolute atomic E-state index is 7.79. The summed E-state index contributed by atoms with van der Waals surface area (Å²) in [6, 6.07) is -1.23. The standard InChI is InChI=1S/C11H11BrN2/c12-11-8-13-14(9-11)7-6-10-4-2-1-3-5-10/h1-5,8-9H,6-7H2/i1D,2D,3D,4D,5D. The van der Waals surface area contributed by atoms with Gasteiger partial charge in [-0.2, -0.15) is 5.10 Å². The molecular weight excluding hydrogens is 240 g/mol. The summed E-state index contributed by atoms with van der Waals surface area (Å²) < 4.78 is 40.8. The first-order valence-electron chi connectivity index (χ1n) is 6.65. The SMILES string of the molecule is [2H]c1c([2H])c([2H])c(CCn2cc(Br)cn2)c([2H])c1[2H]. The first-order chi connectivity index (χ1) is 8.91. The average Bonchev–Trinajstić information content (AvgIpc) is 2.80. The molecular formula is C11H11BrN2. The van der Waals surface area contributed by atoms with Crippen LogP contribution in [-0.2, 0) is 13.0 Å². The van der Waals surface area contributed by atoms with Gasteiger partial charge in [-0.3, -0.25) is 4.68 Å². The molecule has 3 heteroatoms. The van der Waals surface area contributed by atoms with Gasteiger partial charge in [0.2, 0.25) is 0 Å². The Balaban J connectivity index is 2.30. The number of hydrogen-bond acceptors (Lipinski definition) is 1. The van der Waals surface area contributed by atoms with Crippen molar-refractivity contribution in [3.63, 3.8) is 0 Å². The van der Waals surface area contributed by atoms with E-state index in [2.05, 4.69) is 21.0 Å². The van der Waals surface area contributed by atoms with Crippen molar-refractivity contribution in [1.82, 2.24) is 9.78 Å². The lowest BCUT2D eigenvalue weighted by molar-refractivity contribution is 0.614. The van der Waals surface area contributed by atoms with E-state index in [1.54, 1.807) is 17.1 Å². The molecule has 0 saturated carbocycles. The minimum Gasteiger partial charge on any atom is -0.271 e. The van der Waals surface area contributed by atoms with Crippen molar-refractivity contribution in [2.75, 3.05) is 0 Å². The Labute approximate surface area is 98.7 Å². The zero-order valence-electron chi connectivity index (χ0n) is 12.3. The summed E-state index contributed by atoms with van der Waals surface area (Å²) in [6.45, 7) is 0.458. The maximum Gasteiger partial charge on any atom is 0.0632 e. The second kappa shape index (κ2) is 4.42. The van der Waals surface area contributed by atoms with Crippen LogP contribution in [0, 0.1) is 0 Å². The molecule has 14 heavy (non-hydrogen) atoms. The smallest absolute Gasteiger partial charge is 0.0632 e. The van der Waals surface area contributed by atoms with Gasteiger partial charge in [0.15, 0.2) is 0 Å². The Kier molecular flexibility index (Phi) is 1.62. The van der Waals surface area contributed by atoms with Crippen molar-refractivity contribution in [2.24, 2.45) is 0 Å². The van der Waals surface area contributed by atoms with Crippen LogP contribution >= 0.6 is 15.9 Å². The number of halogens is 1. The minimum absolute atomic E-state index is 0.141. The van der Waals surface area contributed by atoms with E-state index in [0.717, 1.165) is 4.47 Å².